The Labute approximate surface area is 165 Å². The van der Waals surface area contributed by atoms with E-state index in [-0.39, 0.29) is 21.0 Å². The molecule has 0 bridgehead atoms. The maximum Gasteiger partial charge on any atom is 0.244 e. The summed E-state index contributed by atoms with van der Waals surface area (Å²) in [6.45, 7) is 1.26. The molecule has 0 saturated heterocycles. The molecule has 0 saturated carbocycles. The molecule has 0 aliphatic heterocycles. The van der Waals surface area contributed by atoms with Crippen molar-refractivity contribution in [2.75, 3.05) is 7.11 Å². The maximum absolute atomic E-state index is 13.2. The maximum atomic E-state index is 13.2. The quantitative estimate of drug-likeness (QED) is 0.470. The predicted molar refractivity (Wildman–Crippen MR) is 105 cm³/mol. The van der Waals surface area contributed by atoms with Gasteiger partial charge < -0.3 is 14.3 Å². The Balaban J connectivity index is 2.39. The summed E-state index contributed by atoms with van der Waals surface area (Å²) in [6.07, 6.45) is 0. The third-order valence-corrected chi connectivity index (χ3v) is 6.22. The van der Waals surface area contributed by atoms with Crippen LogP contribution in [0.1, 0.15) is 17.3 Å². The fraction of sp³-hybridized carbons (Fsp3) is 0.111. The number of hydrogen-bond acceptors (Lipinski definition) is 4. The first-order chi connectivity index (χ1) is 12.4. The Morgan fingerprint density at radius 1 is 1.27 bits per heavy atom. The topological polar surface area (TPSA) is 82.2 Å². The van der Waals surface area contributed by atoms with Crippen LogP contribution in [0.4, 0.5) is 0 Å². The number of carbonyl (C=O) groups is 1. The van der Waals surface area contributed by atoms with Gasteiger partial charge in [-0.1, -0.05) is 23.7 Å². The van der Waals surface area contributed by atoms with E-state index in [9.17, 15) is 14.1 Å². The Morgan fingerprint density at radius 2 is 1.96 bits per heavy atom. The zero-order chi connectivity index (χ0) is 19.0. The van der Waals surface area contributed by atoms with Crippen molar-refractivity contribution in [1.29, 1.82) is 0 Å². The molecule has 3 aromatic rings. The molecule has 1 N–H and O–H groups in total. The summed E-state index contributed by atoms with van der Waals surface area (Å²) in [4.78, 5) is 28.4. The van der Waals surface area contributed by atoms with Gasteiger partial charge in [0.15, 0.2) is 11.5 Å². The van der Waals surface area contributed by atoms with Crippen molar-refractivity contribution in [2.45, 2.75) is 16.8 Å². The molecule has 5 nitrogen and oxygen atoms in total. The van der Waals surface area contributed by atoms with Gasteiger partial charge in [-0.2, -0.15) is 0 Å². The van der Waals surface area contributed by atoms with Crippen molar-refractivity contribution in [3.05, 3.63) is 61.7 Å². The Morgan fingerprint density at radius 3 is 2.62 bits per heavy atom. The van der Waals surface area contributed by atoms with Crippen molar-refractivity contribution in [3.8, 4) is 5.75 Å². The number of ether oxygens (including phenoxy) is 1. The van der Waals surface area contributed by atoms with Gasteiger partial charge in [0, 0.05) is 15.6 Å². The fourth-order valence-corrected chi connectivity index (χ4v) is 4.69. The van der Waals surface area contributed by atoms with Gasteiger partial charge in [-0.3, -0.25) is 9.59 Å². The second kappa shape index (κ2) is 7.44. The molecule has 1 unspecified atom stereocenters. The SMILES string of the molecule is COc1ccccc1[S+]([O-])c1[nH]c2c(Br)ccc(Cl)c2c(=O)c1C(C)=O. The Hall–Kier alpha value is -1.80. The van der Waals surface area contributed by atoms with Gasteiger partial charge in [-0.15, -0.1) is 0 Å². The molecule has 0 spiro atoms. The lowest BCUT2D eigenvalue weighted by Crippen LogP contribution is -2.22. The van der Waals surface area contributed by atoms with Crippen molar-refractivity contribution < 1.29 is 14.1 Å². The van der Waals surface area contributed by atoms with Crippen LogP contribution in [0.5, 0.6) is 5.75 Å². The van der Waals surface area contributed by atoms with Crippen LogP contribution in [0.2, 0.25) is 5.02 Å². The third kappa shape index (κ3) is 3.16. The summed E-state index contributed by atoms with van der Waals surface area (Å²) >= 11 is 7.68. The first-order valence-electron chi connectivity index (χ1n) is 7.46. The smallest absolute Gasteiger partial charge is 0.244 e. The van der Waals surface area contributed by atoms with Crippen LogP contribution in [-0.4, -0.2) is 22.4 Å². The highest BCUT2D eigenvalue weighted by molar-refractivity contribution is 9.10. The van der Waals surface area contributed by atoms with E-state index in [1.54, 1.807) is 36.4 Å². The highest BCUT2D eigenvalue weighted by Gasteiger charge is 2.30. The van der Waals surface area contributed by atoms with Crippen molar-refractivity contribution in [2.24, 2.45) is 0 Å². The largest absolute Gasteiger partial charge is 0.605 e. The lowest BCUT2D eigenvalue weighted by atomic mass is 10.1. The number of methoxy groups -OCH3 is 1. The van der Waals surface area contributed by atoms with Crippen molar-refractivity contribution >= 4 is 55.4 Å². The molecule has 1 aromatic heterocycles. The number of aromatic nitrogens is 1. The van der Waals surface area contributed by atoms with Crippen molar-refractivity contribution in [3.63, 3.8) is 0 Å². The van der Waals surface area contributed by atoms with E-state index in [1.807, 2.05) is 0 Å². The number of pyridine rings is 1. The number of carbonyl (C=O) groups excluding carboxylic acids is 1. The second-order valence-corrected chi connectivity index (χ2v) is 8.06. The van der Waals surface area contributed by atoms with Gasteiger partial charge in [0.2, 0.25) is 15.4 Å². The van der Waals surface area contributed by atoms with E-state index in [0.717, 1.165) is 0 Å². The monoisotopic (exact) mass is 453 g/mol. The number of aromatic amines is 1. The number of rotatable bonds is 4. The molecule has 0 aliphatic rings. The number of para-hydroxylation sites is 1. The minimum Gasteiger partial charge on any atom is -0.605 e. The van der Waals surface area contributed by atoms with Gasteiger partial charge in [0.1, 0.15) is 5.56 Å². The molecule has 0 fully saturated rings. The van der Waals surface area contributed by atoms with Gasteiger partial charge >= 0.3 is 0 Å². The molecule has 8 heteroatoms. The Kier molecular flexibility index (Phi) is 5.43. The van der Waals surface area contributed by atoms with E-state index < -0.39 is 22.4 Å². The average Bonchev–Trinajstić information content (AvgIpc) is 2.63. The van der Waals surface area contributed by atoms with Crippen LogP contribution in [0, 0.1) is 0 Å². The minimum absolute atomic E-state index is 0.0162. The molecular formula is C18H13BrClNO4S. The average molecular weight is 455 g/mol. The van der Waals surface area contributed by atoms with Gasteiger partial charge in [-0.25, -0.2) is 0 Å². The first-order valence-corrected chi connectivity index (χ1v) is 9.78. The molecule has 0 aliphatic carbocycles. The van der Waals surface area contributed by atoms with E-state index in [1.165, 1.54) is 14.0 Å². The summed E-state index contributed by atoms with van der Waals surface area (Å²) in [7, 11) is 1.46. The van der Waals surface area contributed by atoms with E-state index in [0.29, 0.717) is 20.6 Å². The van der Waals surface area contributed by atoms with Crippen LogP contribution >= 0.6 is 27.5 Å². The summed E-state index contributed by atoms with van der Waals surface area (Å²) in [5.74, 6) is -0.103. The van der Waals surface area contributed by atoms with Crippen LogP contribution < -0.4 is 10.2 Å². The number of ketones is 1. The zero-order valence-corrected chi connectivity index (χ0v) is 16.9. The fourth-order valence-electron chi connectivity index (χ4n) is 2.64. The van der Waals surface area contributed by atoms with E-state index >= 15 is 0 Å². The van der Waals surface area contributed by atoms with Crippen LogP contribution in [0.15, 0.2) is 55.6 Å². The summed E-state index contributed by atoms with van der Waals surface area (Å²) in [6, 6.07) is 9.95. The summed E-state index contributed by atoms with van der Waals surface area (Å²) in [5, 5.41) is 0.399. The van der Waals surface area contributed by atoms with Gasteiger partial charge in [0.25, 0.3) is 0 Å². The summed E-state index contributed by atoms with van der Waals surface area (Å²) < 4.78 is 19.0. The third-order valence-electron chi connectivity index (χ3n) is 3.83. The molecular weight excluding hydrogens is 442 g/mol. The second-order valence-electron chi connectivity index (χ2n) is 5.41. The molecule has 1 heterocycles. The number of fused-ring (bicyclic) bond motifs is 1. The van der Waals surface area contributed by atoms with Gasteiger partial charge in [0.05, 0.1) is 23.0 Å². The first kappa shape index (κ1) is 19.0. The molecule has 0 amide bonds. The minimum atomic E-state index is -1.84. The Bertz CT molecular complexity index is 1080. The van der Waals surface area contributed by atoms with Gasteiger partial charge in [-0.05, 0) is 47.1 Å². The standard InChI is InChI=1S/C18H13BrClNO4S/c1-9(22)14-17(23)15-11(20)8-7-10(19)16(15)21-18(14)26(24)13-6-4-3-5-12(13)25-2/h3-8H,1-2H3,(H,21,23). The predicted octanol–water partition coefficient (Wildman–Crippen LogP) is 4.32. The number of halogens is 2. The van der Waals surface area contributed by atoms with E-state index in [4.69, 9.17) is 16.3 Å². The lowest BCUT2D eigenvalue weighted by Gasteiger charge is -2.16. The number of hydrogen-bond donors (Lipinski definition) is 1. The normalized spacial score (nSPS) is 12.2. The highest BCUT2D eigenvalue weighted by atomic mass is 79.9. The number of benzene rings is 2. The molecule has 1 atom stereocenters. The number of Topliss-reactive ketones (excluding diaryl/α,β-unsaturated/α-hetero) is 1. The van der Waals surface area contributed by atoms with Crippen LogP contribution in [0.3, 0.4) is 0 Å². The molecule has 26 heavy (non-hydrogen) atoms. The molecule has 0 radical (unpaired) electrons. The van der Waals surface area contributed by atoms with E-state index in [2.05, 4.69) is 20.9 Å². The molecule has 3 rings (SSSR count). The molecule has 134 valence electrons. The highest BCUT2D eigenvalue weighted by Crippen LogP contribution is 2.33. The van der Waals surface area contributed by atoms with Crippen molar-refractivity contribution in [1.82, 2.24) is 4.98 Å². The number of H-pyrrole nitrogens is 1. The lowest BCUT2D eigenvalue weighted by molar-refractivity contribution is 0.101. The number of nitrogens with one attached hydrogen (secondary N) is 1. The van der Waals surface area contributed by atoms with Crippen LogP contribution in [0.25, 0.3) is 10.9 Å². The van der Waals surface area contributed by atoms with Crippen LogP contribution in [-0.2, 0) is 11.2 Å². The zero-order valence-electron chi connectivity index (χ0n) is 13.8. The summed E-state index contributed by atoms with van der Waals surface area (Å²) in [5.41, 5.74) is -0.358. The molecule has 2 aromatic carbocycles.